The van der Waals surface area contributed by atoms with E-state index in [1.165, 1.54) is 33.9 Å². The van der Waals surface area contributed by atoms with E-state index in [0.717, 1.165) is 17.8 Å². The molecule has 256 valence electrons. The molecule has 1 aromatic heterocycles. The summed E-state index contributed by atoms with van der Waals surface area (Å²) in [5, 5.41) is 5.16. The van der Waals surface area contributed by atoms with E-state index in [2.05, 4.69) is 14.7 Å². The van der Waals surface area contributed by atoms with Crippen LogP contribution >= 0.6 is 11.8 Å². The van der Waals surface area contributed by atoms with Gasteiger partial charge in [-0.2, -0.15) is 30.4 Å². The number of nitrogens with two attached hydrogens (primary N) is 1. The highest BCUT2D eigenvalue weighted by Crippen LogP contribution is 2.33. The van der Waals surface area contributed by atoms with Crippen molar-refractivity contribution in [2.75, 3.05) is 64.4 Å². The van der Waals surface area contributed by atoms with Crippen LogP contribution < -0.4 is 14.6 Å². The van der Waals surface area contributed by atoms with Gasteiger partial charge < -0.3 is 23.7 Å². The molecule has 4 saturated heterocycles. The van der Waals surface area contributed by atoms with Crippen LogP contribution in [0.25, 0.3) is 0 Å². The highest BCUT2D eigenvalue weighted by atomic mass is 32.2. The van der Waals surface area contributed by atoms with Crippen molar-refractivity contribution in [3.05, 3.63) is 41.5 Å². The average molecular weight is 711 g/mol. The van der Waals surface area contributed by atoms with Gasteiger partial charge in [0.15, 0.2) is 28.4 Å². The summed E-state index contributed by atoms with van der Waals surface area (Å²) in [6.07, 6.45) is 1.98. The zero-order valence-electron chi connectivity index (χ0n) is 25.0. The normalized spacial score (nSPS) is 21.7. The monoisotopic (exact) mass is 710 g/mol. The molecular formula is C26H36F2N6O9S3. The van der Waals surface area contributed by atoms with Crippen molar-refractivity contribution in [3.63, 3.8) is 0 Å². The number of piperidine rings is 2. The number of hydrogen-bond acceptors (Lipinski definition) is 12. The molecule has 0 atom stereocenters. The fourth-order valence-electron chi connectivity index (χ4n) is 5.34. The average Bonchev–Trinajstić information content (AvgIpc) is 3.67. The Bertz CT molecular complexity index is 1570. The Hall–Kier alpha value is -2.27. The van der Waals surface area contributed by atoms with E-state index in [9.17, 15) is 25.6 Å². The number of benzene rings is 1. The van der Waals surface area contributed by atoms with E-state index in [4.69, 9.17) is 28.8 Å². The summed E-state index contributed by atoms with van der Waals surface area (Å²) in [5.74, 6) is -2.93. The third-order valence-electron chi connectivity index (χ3n) is 7.81. The van der Waals surface area contributed by atoms with Crippen LogP contribution in [0.3, 0.4) is 0 Å². The molecule has 0 unspecified atom stereocenters. The molecular weight excluding hydrogens is 675 g/mol. The number of aromatic nitrogens is 2. The van der Waals surface area contributed by atoms with E-state index in [1.807, 2.05) is 0 Å². The standard InChI is InChI=1S/C19H22F2N4O5S2.C7H14N2O4S/c1-28-16-11-15(22-18(23-16)31-12-13-3-2-4-14(20)17(13)21)24-32(26,27)25-7-5-19(6-8-25)29-9-10-30-19;8-14(10,11)9-3-1-7(2-4-9)12-5-6-13-7/h2-4,11H,5-10,12H2,1H3,(H,22,23,24);1-6H2,(H2,8,10,11). The summed E-state index contributed by atoms with van der Waals surface area (Å²) in [4.78, 5) is 8.33. The van der Waals surface area contributed by atoms with E-state index < -0.39 is 43.6 Å². The maximum absolute atomic E-state index is 13.9. The van der Waals surface area contributed by atoms with Crippen LogP contribution in [0.4, 0.5) is 14.6 Å². The van der Waals surface area contributed by atoms with Crippen LogP contribution in [0.2, 0.25) is 0 Å². The quantitative estimate of drug-likeness (QED) is 0.298. The van der Waals surface area contributed by atoms with Crippen molar-refractivity contribution in [2.45, 2.75) is 48.2 Å². The molecule has 46 heavy (non-hydrogen) atoms. The number of rotatable bonds is 8. The van der Waals surface area contributed by atoms with Gasteiger partial charge in [-0.3, -0.25) is 4.72 Å². The highest BCUT2D eigenvalue weighted by molar-refractivity contribution is 7.98. The van der Waals surface area contributed by atoms with Crippen LogP contribution in [0.15, 0.2) is 29.4 Å². The molecule has 4 aliphatic rings. The third kappa shape index (κ3) is 8.60. The number of ether oxygens (including phenoxy) is 5. The molecule has 3 N–H and O–H groups in total. The predicted molar refractivity (Wildman–Crippen MR) is 161 cm³/mol. The van der Waals surface area contributed by atoms with Gasteiger partial charge in [-0.1, -0.05) is 23.9 Å². The molecule has 20 heteroatoms. The molecule has 0 saturated carbocycles. The van der Waals surface area contributed by atoms with Gasteiger partial charge in [0.25, 0.3) is 10.2 Å². The minimum absolute atomic E-state index is 0.00715. The first kappa shape index (κ1) is 35.0. The third-order valence-corrected chi connectivity index (χ3v) is 11.3. The molecule has 5 heterocycles. The number of methoxy groups -OCH3 is 1. The van der Waals surface area contributed by atoms with Gasteiger partial charge >= 0.3 is 10.2 Å². The molecule has 0 amide bonds. The fraction of sp³-hybridized carbons (Fsp3) is 0.615. The summed E-state index contributed by atoms with van der Waals surface area (Å²) < 4.78 is 107. The predicted octanol–water partition coefficient (Wildman–Crippen LogP) is 1.58. The number of nitrogens with zero attached hydrogens (tertiary/aromatic N) is 4. The Kier molecular flexibility index (Phi) is 11.0. The van der Waals surface area contributed by atoms with Crippen molar-refractivity contribution in [2.24, 2.45) is 5.14 Å². The van der Waals surface area contributed by atoms with Gasteiger partial charge in [0.1, 0.15) is 5.82 Å². The maximum Gasteiger partial charge on any atom is 0.302 e. The summed E-state index contributed by atoms with van der Waals surface area (Å²) in [5.41, 5.74) is 0.141. The van der Waals surface area contributed by atoms with Gasteiger partial charge in [0.2, 0.25) is 5.88 Å². The topological polar surface area (TPSA) is 185 Å². The molecule has 4 aliphatic heterocycles. The lowest BCUT2D eigenvalue weighted by molar-refractivity contribution is -0.179. The van der Waals surface area contributed by atoms with Crippen LogP contribution in [0.1, 0.15) is 31.2 Å². The SMILES string of the molecule is COc1cc(NS(=O)(=O)N2CCC3(CC2)OCCO3)nc(SCc2cccc(F)c2F)n1.NS(=O)(=O)N1CCC2(CC1)OCCO2. The van der Waals surface area contributed by atoms with Crippen molar-refractivity contribution in [3.8, 4) is 5.88 Å². The van der Waals surface area contributed by atoms with Gasteiger partial charge in [0.05, 0.1) is 33.5 Å². The lowest BCUT2D eigenvalue weighted by Gasteiger charge is -2.36. The summed E-state index contributed by atoms with van der Waals surface area (Å²) in [6.45, 7) is 3.41. The Balaban J connectivity index is 0.000000247. The van der Waals surface area contributed by atoms with Crippen molar-refractivity contribution in [1.82, 2.24) is 18.6 Å². The van der Waals surface area contributed by atoms with Gasteiger partial charge in [-0.05, 0) is 6.07 Å². The first-order chi connectivity index (χ1) is 21.8. The highest BCUT2D eigenvalue weighted by Gasteiger charge is 2.43. The maximum atomic E-state index is 13.9. The number of hydrogen-bond donors (Lipinski definition) is 2. The molecule has 4 fully saturated rings. The first-order valence-electron chi connectivity index (χ1n) is 14.4. The van der Waals surface area contributed by atoms with Crippen LogP contribution in [-0.4, -0.2) is 107 Å². The Morgan fingerprint density at radius 2 is 1.46 bits per heavy atom. The largest absolute Gasteiger partial charge is 0.481 e. The van der Waals surface area contributed by atoms with E-state index >= 15 is 0 Å². The smallest absolute Gasteiger partial charge is 0.302 e. The summed E-state index contributed by atoms with van der Waals surface area (Å²) >= 11 is 1.02. The number of halogens is 2. The van der Waals surface area contributed by atoms with Gasteiger partial charge in [-0.25, -0.2) is 18.9 Å². The van der Waals surface area contributed by atoms with Crippen molar-refractivity contribution >= 4 is 38.0 Å². The Morgan fingerprint density at radius 1 is 0.913 bits per heavy atom. The molecule has 2 aromatic rings. The number of anilines is 1. The van der Waals surface area contributed by atoms with Crippen LogP contribution in [-0.2, 0) is 45.1 Å². The lowest BCUT2D eigenvalue weighted by atomic mass is 10.1. The van der Waals surface area contributed by atoms with Crippen LogP contribution in [0, 0.1) is 11.6 Å². The summed E-state index contributed by atoms with van der Waals surface area (Å²) in [7, 11) is -6.06. The molecule has 0 bridgehead atoms. The second-order valence-electron chi connectivity index (χ2n) is 10.7. The number of nitrogens with one attached hydrogen (secondary N) is 1. The minimum Gasteiger partial charge on any atom is -0.481 e. The zero-order valence-corrected chi connectivity index (χ0v) is 27.5. The second-order valence-corrected chi connectivity index (χ2v) is 14.9. The van der Waals surface area contributed by atoms with E-state index in [-0.39, 0.29) is 41.3 Å². The van der Waals surface area contributed by atoms with E-state index in [1.54, 1.807) is 0 Å². The lowest BCUT2D eigenvalue weighted by Crippen LogP contribution is -2.49. The Labute approximate surface area is 270 Å². The number of thioether (sulfide) groups is 1. The summed E-state index contributed by atoms with van der Waals surface area (Å²) in [6, 6.07) is 5.24. The minimum atomic E-state index is -3.90. The molecule has 0 aliphatic carbocycles. The molecule has 0 radical (unpaired) electrons. The fourth-order valence-corrected chi connectivity index (χ4v) is 8.02. The Morgan fingerprint density at radius 3 is 1.98 bits per heavy atom. The molecule has 6 rings (SSSR count). The van der Waals surface area contributed by atoms with Crippen molar-refractivity contribution < 1.29 is 49.3 Å². The van der Waals surface area contributed by atoms with Gasteiger partial charge in [-0.15, -0.1) is 0 Å². The molecule has 1 aromatic carbocycles. The molecule has 2 spiro atoms. The second kappa shape index (κ2) is 14.5. The first-order valence-corrected chi connectivity index (χ1v) is 18.4. The van der Waals surface area contributed by atoms with Crippen LogP contribution in [0.5, 0.6) is 5.88 Å². The van der Waals surface area contributed by atoms with Crippen molar-refractivity contribution in [1.29, 1.82) is 0 Å². The van der Waals surface area contributed by atoms with E-state index in [0.29, 0.717) is 65.2 Å². The zero-order chi connectivity index (χ0) is 33.0. The molecule has 15 nitrogen and oxygen atoms in total. The van der Waals surface area contributed by atoms with Gasteiger partial charge in [0, 0.05) is 69.2 Å².